The maximum absolute atomic E-state index is 12.7. The van der Waals surface area contributed by atoms with Crippen molar-refractivity contribution in [3.05, 3.63) is 29.8 Å². The molecule has 0 spiro atoms. The van der Waals surface area contributed by atoms with Crippen LogP contribution in [0.25, 0.3) is 0 Å². The van der Waals surface area contributed by atoms with E-state index in [0.717, 1.165) is 44.2 Å². The zero-order chi connectivity index (χ0) is 17.2. The summed E-state index contributed by atoms with van der Waals surface area (Å²) >= 11 is 0. The number of nitrogens with zero attached hydrogens (tertiary/aromatic N) is 3. The maximum Gasteiger partial charge on any atom is 0.269 e. The predicted octanol–water partition coefficient (Wildman–Crippen LogP) is 1.89. The van der Waals surface area contributed by atoms with Gasteiger partial charge in [0.1, 0.15) is 5.75 Å². The van der Waals surface area contributed by atoms with Gasteiger partial charge in [0.05, 0.1) is 12.8 Å². The van der Waals surface area contributed by atoms with E-state index in [1.807, 2.05) is 30.9 Å². The fraction of sp³-hybridized carbons (Fsp3) is 0.556. The van der Waals surface area contributed by atoms with E-state index in [-0.39, 0.29) is 5.91 Å². The molecule has 24 heavy (non-hydrogen) atoms. The highest BCUT2D eigenvalue weighted by atomic mass is 16.7. The minimum atomic E-state index is -0.820. The Morgan fingerprint density at radius 1 is 1.33 bits per heavy atom. The molecule has 3 rings (SSSR count). The van der Waals surface area contributed by atoms with Crippen LogP contribution >= 0.6 is 0 Å². The second kappa shape index (κ2) is 6.81. The Balaban J connectivity index is 1.53. The van der Waals surface area contributed by atoms with Crippen LogP contribution in [0, 0.1) is 0 Å². The van der Waals surface area contributed by atoms with Crippen molar-refractivity contribution in [1.29, 1.82) is 0 Å². The molecule has 1 unspecified atom stereocenters. The fourth-order valence-corrected chi connectivity index (χ4v) is 3.32. The lowest BCUT2D eigenvalue weighted by Crippen LogP contribution is -2.54. The van der Waals surface area contributed by atoms with Crippen molar-refractivity contribution in [1.82, 2.24) is 9.80 Å². The Labute approximate surface area is 143 Å². The number of rotatable bonds is 4. The molecule has 1 fully saturated rings. The van der Waals surface area contributed by atoms with Crippen LogP contribution < -0.4 is 4.74 Å². The van der Waals surface area contributed by atoms with Crippen molar-refractivity contribution in [3.8, 4) is 5.75 Å². The van der Waals surface area contributed by atoms with E-state index in [1.54, 1.807) is 7.11 Å². The lowest BCUT2D eigenvalue weighted by Gasteiger charge is -2.37. The van der Waals surface area contributed by atoms with E-state index in [2.05, 4.69) is 22.2 Å². The molecule has 2 aliphatic rings. The molecule has 2 aliphatic heterocycles. The number of amides is 1. The molecule has 130 valence electrons. The van der Waals surface area contributed by atoms with Gasteiger partial charge in [0.25, 0.3) is 5.91 Å². The van der Waals surface area contributed by atoms with Gasteiger partial charge in [0, 0.05) is 39.1 Å². The summed E-state index contributed by atoms with van der Waals surface area (Å²) in [6.45, 7) is 7.76. The first-order valence-corrected chi connectivity index (χ1v) is 8.36. The Bertz CT molecular complexity index is 638. The molecule has 6 heteroatoms. The number of methoxy groups -OCH3 is 1. The highest BCUT2D eigenvalue weighted by Crippen LogP contribution is 2.26. The molecule has 0 aromatic heterocycles. The normalized spacial score (nSPS) is 24.5. The molecular formula is C18H25N3O3. The number of ether oxygens (including phenoxy) is 1. The summed E-state index contributed by atoms with van der Waals surface area (Å²) in [5, 5.41) is 3.94. The third-order valence-corrected chi connectivity index (χ3v) is 4.65. The monoisotopic (exact) mass is 331 g/mol. The van der Waals surface area contributed by atoms with Gasteiger partial charge in [-0.25, -0.2) is 0 Å². The van der Waals surface area contributed by atoms with E-state index < -0.39 is 5.60 Å². The first kappa shape index (κ1) is 16.8. The predicted molar refractivity (Wildman–Crippen MR) is 92.1 cm³/mol. The Kier molecular flexibility index (Phi) is 4.76. The van der Waals surface area contributed by atoms with Gasteiger partial charge in [0.15, 0.2) is 0 Å². The lowest BCUT2D eigenvalue weighted by atomic mass is 9.98. The van der Waals surface area contributed by atoms with E-state index in [9.17, 15) is 4.79 Å². The first-order chi connectivity index (χ1) is 11.5. The number of benzene rings is 1. The summed E-state index contributed by atoms with van der Waals surface area (Å²) in [5.74, 6) is 0.923. The molecule has 1 amide bonds. The van der Waals surface area contributed by atoms with Gasteiger partial charge >= 0.3 is 0 Å². The van der Waals surface area contributed by atoms with E-state index in [1.165, 1.54) is 5.56 Å². The van der Waals surface area contributed by atoms with Gasteiger partial charge in [0.2, 0.25) is 5.60 Å². The molecule has 0 saturated carbocycles. The van der Waals surface area contributed by atoms with Gasteiger partial charge < -0.3 is 14.5 Å². The van der Waals surface area contributed by atoms with Crippen LogP contribution in [-0.4, -0.2) is 60.3 Å². The summed E-state index contributed by atoms with van der Waals surface area (Å²) in [4.78, 5) is 22.4. The summed E-state index contributed by atoms with van der Waals surface area (Å²) in [7, 11) is 1.68. The van der Waals surface area contributed by atoms with Crippen LogP contribution in [0.15, 0.2) is 29.4 Å². The first-order valence-electron chi connectivity index (χ1n) is 8.36. The van der Waals surface area contributed by atoms with Crippen molar-refractivity contribution >= 4 is 11.6 Å². The number of piperazine rings is 1. The second-order valence-electron chi connectivity index (χ2n) is 6.75. The third kappa shape index (κ3) is 3.53. The van der Waals surface area contributed by atoms with Crippen LogP contribution in [0.3, 0.4) is 0 Å². The fourth-order valence-electron chi connectivity index (χ4n) is 3.32. The number of oxime groups is 1. The molecule has 0 aliphatic carbocycles. The minimum absolute atomic E-state index is 0.0455. The summed E-state index contributed by atoms with van der Waals surface area (Å²) in [6.07, 6.45) is 0.579. The molecule has 0 N–H and O–H groups in total. The van der Waals surface area contributed by atoms with Gasteiger partial charge in [-0.05, 0) is 31.5 Å². The maximum atomic E-state index is 12.7. The average Bonchev–Trinajstić information content (AvgIpc) is 2.95. The number of hydrogen-bond donors (Lipinski definition) is 0. The van der Waals surface area contributed by atoms with Crippen molar-refractivity contribution < 1.29 is 14.4 Å². The molecule has 0 radical (unpaired) electrons. The molecule has 0 bridgehead atoms. The van der Waals surface area contributed by atoms with Gasteiger partial charge in [-0.3, -0.25) is 9.69 Å². The van der Waals surface area contributed by atoms with Crippen molar-refractivity contribution in [2.45, 2.75) is 32.4 Å². The smallest absolute Gasteiger partial charge is 0.269 e. The van der Waals surface area contributed by atoms with Crippen LogP contribution in [0.4, 0.5) is 0 Å². The van der Waals surface area contributed by atoms with E-state index in [4.69, 9.17) is 9.57 Å². The highest BCUT2D eigenvalue weighted by Gasteiger charge is 2.43. The SMILES string of the molecule is COc1cccc(CN2CCN(C(=O)C3(C)CC(C)=NO3)CC2)c1. The number of carbonyl (C=O) groups excluding carboxylic acids is 1. The van der Waals surface area contributed by atoms with Crippen molar-refractivity contribution in [3.63, 3.8) is 0 Å². The Morgan fingerprint density at radius 2 is 2.08 bits per heavy atom. The lowest BCUT2D eigenvalue weighted by molar-refractivity contribution is -0.155. The van der Waals surface area contributed by atoms with Gasteiger partial charge in [-0.15, -0.1) is 0 Å². The zero-order valence-corrected chi connectivity index (χ0v) is 14.6. The van der Waals surface area contributed by atoms with Crippen molar-refractivity contribution in [2.75, 3.05) is 33.3 Å². The standard InChI is InChI=1S/C18H25N3O3/c1-14-12-18(2,24-19-14)17(22)21-9-7-20(8-10-21)13-15-5-4-6-16(11-15)23-3/h4-6,11H,7-10,12-13H2,1-3H3. The number of carbonyl (C=O) groups is 1. The summed E-state index contributed by atoms with van der Waals surface area (Å²) < 4.78 is 5.27. The summed E-state index contributed by atoms with van der Waals surface area (Å²) in [6, 6.07) is 8.12. The van der Waals surface area contributed by atoms with Gasteiger partial charge in [-0.1, -0.05) is 17.3 Å². The number of hydrogen-bond acceptors (Lipinski definition) is 5. The van der Waals surface area contributed by atoms with Crippen LogP contribution in [0.1, 0.15) is 25.8 Å². The molecular weight excluding hydrogens is 306 g/mol. The summed E-state index contributed by atoms with van der Waals surface area (Å²) in [5.41, 5.74) is 1.28. The van der Waals surface area contributed by atoms with Crippen LogP contribution in [-0.2, 0) is 16.2 Å². The quantitative estimate of drug-likeness (QED) is 0.845. The molecule has 1 atom stereocenters. The van der Waals surface area contributed by atoms with Crippen molar-refractivity contribution in [2.24, 2.45) is 5.16 Å². The molecule has 6 nitrogen and oxygen atoms in total. The molecule has 1 saturated heterocycles. The van der Waals surface area contributed by atoms with E-state index >= 15 is 0 Å². The molecule has 1 aromatic carbocycles. The highest BCUT2D eigenvalue weighted by molar-refractivity contribution is 5.94. The topological polar surface area (TPSA) is 54.4 Å². The van der Waals surface area contributed by atoms with Crippen LogP contribution in [0.2, 0.25) is 0 Å². The Morgan fingerprint density at radius 3 is 2.71 bits per heavy atom. The Hall–Kier alpha value is -2.08. The molecule has 2 heterocycles. The van der Waals surface area contributed by atoms with E-state index in [0.29, 0.717) is 6.42 Å². The molecule has 1 aromatic rings. The van der Waals surface area contributed by atoms with Crippen LogP contribution in [0.5, 0.6) is 5.75 Å². The average molecular weight is 331 g/mol. The third-order valence-electron chi connectivity index (χ3n) is 4.65. The largest absolute Gasteiger partial charge is 0.497 e. The minimum Gasteiger partial charge on any atom is -0.497 e. The zero-order valence-electron chi connectivity index (χ0n) is 14.6. The second-order valence-corrected chi connectivity index (χ2v) is 6.75. The van der Waals surface area contributed by atoms with Gasteiger partial charge in [-0.2, -0.15) is 0 Å².